The van der Waals surface area contributed by atoms with Gasteiger partial charge in [-0.05, 0) is 18.3 Å². The Hall–Kier alpha value is -0.0400. The highest BCUT2D eigenvalue weighted by atomic mass is 16.6. The summed E-state index contributed by atoms with van der Waals surface area (Å²) in [5.74, 6) is 1.71. The van der Waals surface area contributed by atoms with Crippen molar-refractivity contribution in [3.8, 4) is 0 Å². The third-order valence-electron chi connectivity index (χ3n) is 2.65. The van der Waals surface area contributed by atoms with Gasteiger partial charge in [0.25, 0.3) is 0 Å². The van der Waals surface area contributed by atoms with Crippen molar-refractivity contribution < 1.29 is 4.74 Å². The summed E-state index contributed by atoms with van der Waals surface area (Å²) in [6, 6.07) is 0. The Balaban J connectivity index is 2.11. The van der Waals surface area contributed by atoms with Crippen molar-refractivity contribution in [2.75, 3.05) is 6.61 Å². The molecule has 0 radical (unpaired) electrons. The summed E-state index contributed by atoms with van der Waals surface area (Å²) in [4.78, 5) is 0. The van der Waals surface area contributed by atoms with E-state index in [0.717, 1.165) is 18.4 Å². The molecule has 3 atom stereocenters. The van der Waals surface area contributed by atoms with Crippen LogP contribution in [0, 0.1) is 11.8 Å². The van der Waals surface area contributed by atoms with Crippen LogP contribution in [0.5, 0.6) is 0 Å². The molecule has 1 aliphatic heterocycles. The van der Waals surface area contributed by atoms with Gasteiger partial charge in [0.05, 0.1) is 12.7 Å². The van der Waals surface area contributed by atoms with Gasteiger partial charge in [-0.3, -0.25) is 0 Å². The Kier molecular flexibility index (Phi) is 2.72. The molecule has 0 saturated carbocycles. The Morgan fingerprint density at radius 3 is 2.40 bits per heavy atom. The van der Waals surface area contributed by atoms with Crippen LogP contribution < -0.4 is 0 Å². The smallest absolute Gasteiger partial charge is 0.0812 e. The van der Waals surface area contributed by atoms with Gasteiger partial charge in [0.2, 0.25) is 0 Å². The molecule has 1 heterocycles. The molecule has 1 rings (SSSR count). The van der Waals surface area contributed by atoms with Gasteiger partial charge in [-0.2, -0.15) is 0 Å². The van der Waals surface area contributed by atoms with E-state index in [1.165, 1.54) is 12.8 Å². The van der Waals surface area contributed by atoms with Crippen LogP contribution in [-0.2, 0) is 4.74 Å². The Bertz CT molecular complexity index is 96.9. The summed E-state index contributed by atoms with van der Waals surface area (Å²) in [7, 11) is 0. The number of hydrogen-bond acceptors (Lipinski definition) is 1. The lowest BCUT2D eigenvalue weighted by atomic mass is 9.90. The monoisotopic (exact) mass is 142 g/mol. The highest BCUT2D eigenvalue weighted by Gasteiger charge is 2.26. The minimum absolute atomic E-state index is 0.615. The van der Waals surface area contributed by atoms with E-state index in [9.17, 15) is 0 Å². The Morgan fingerprint density at radius 1 is 1.40 bits per heavy atom. The fourth-order valence-electron chi connectivity index (χ4n) is 1.25. The first-order chi connectivity index (χ1) is 4.74. The third kappa shape index (κ3) is 2.30. The molecule has 60 valence electrons. The molecule has 10 heavy (non-hydrogen) atoms. The quantitative estimate of drug-likeness (QED) is 0.549. The van der Waals surface area contributed by atoms with Crippen molar-refractivity contribution in [1.82, 2.24) is 0 Å². The zero-order valence-corrected chi connectivity index (χ0v) is 7.26. The van der Waals surface area contributed by atoms with Crippen LogP contribution in [0.1, 0.15) is 33.6 Å². The molecular weight excluding hydrogens is 124 g/mol. The molecule has 1 fully saturated rings. The first-order valence-corrected chi connectivity index (χ1v) is 4.35. The number of epoxide rings is 1. The SMILES string of the molecule is CCC(C)C(C)CC1CO1. The minimum atomic E-state index is 0.615. The average Bonchev–Trinajstić information content (AvgIpc) is 2.70. The molecule has 1 nitrogen and oxygen atoms in total. The van der Waals surface area contributed by atoms with Gasteiger partial charge in [-0.25, -0.2) is 0 Å². The molecular formula is C9H18O. The van der Waals surface area contributed by atoms with E-state index in [0.29, 0.717) is 6.10 Å². The summed E-state index contributed by atoms with van der Waals surface area (Å²) in [6.07, 6.45) is 3.19. The lowest BCUT2D eigenvalue weighted by molar-refractivity contribution is 0.301. The van der Waals surface area contributed by atoms with Gasteiger partial charge >= 0.3 is 0 Å². The van der Waals surface area contributed by atoms with E-state index < -0.39 is 0 Å². The second-order valence-electron chi connectivity index (χ2n) is 3.55. The van der Waals surface area contributed by atoms with Crippen molar-refractivity contribution >= 4 is 0 Å². The first kappa shape index (κ1) is 8.06. The number of hydrogen-bond donors (Lipinski definition) is 0. The van der Waals surface area contributed by atoms with Crippen LogP contribution in [0.4, 0.5) is 0 Å². The van der Waals surface area contributed by atoms with Crippen LogP contribution in [0.25, 0.3) is 0 Å². The van der Waals surface area contributed by atoms with E-state index in [-0.39, 0.29) is 0 Å². The predicted octanol–water partition coefficient (Wildman–Crippen LogP) is 2.46. The fourth-order valence-corrected chi connectivity index (χ4v) is 1.25. The van der Waals surface area contributed by atoms with Crippen molar-refractivity contribution in [2.24, 2.45) is 11.8 Å². The Morgan fingerprint density at radius 2 is 2.00 bits per heavy atom. The maximum atomic E-state index is 5.17. The molecule has 0 aromatic carbocycles. The zero-order valence-electron chi connectivity index (χ0n) is 7.26. The highest BCUT2D eigenvalue weighted by molar-refractivity contribution is 4.74. The molecule has 0 spiro atoms. The lowest BCUT2D eigenvalue weighted by Crippen LogP contribution is -2.09. The van der Waals surface area contributed by atoms with E-state index in [1.807, 2.05) is 0 Å². The first-order valence-electron chi connectivity index (χ1n) is 4.35. The molecule has 0 aromatic rings. The fraction of sp³-hybridized carbons (Fsp3) is 1.00. The molecule has 0 amide bonds. The van der Waals surface area contributed by atoms with Crippen LogP contribution in [0.2, 0.25) is 0 Å². The molecule has 0 aliphatic carbocycles. The maximum absolute atomic E-state index is 5.17. The standard InChI is InChI=1S/C9H18O/c1-4-7(2)8(3)5-9-6-10-9/h7-9H,4-6H2,1-3H3. The van der Waals surface area contributed by atoms with Crippen molar-refractivity contribution in [3.05, 3.63) is 0 Å². The van der Waals surface area contributed by atoms with Gasteiger partial charge in [0, 0.05) is 0 Å². The minimum Gasteiger partial charge on any atom is -0.373 e. The van der Waals surface area contributed by atoms with E-state index in [2.05, 4.69) is 20.8 Å². The maximum Gasteiger partial charge on any atom is 0.0812 e. The summed E-state index contributed by atoms with van der Waals surface area (Å²) in [5, 5.41) is 0. The molecule has 1 heteroatoms. The Labute approximate surface area is 63.8 Å². The van der Waals surface area contributed by atoms with Crippen molar-refractivity contribution in [2.45, 2.75) is 39.7 Å². The van der Waals surface area contributed by atoms with E-state index >= 15 is 0 Å². The second kappa shape index (κ2) is 3.38. The van der Waals surface area contributed by atoms with E-state index in [4.69, 9.17) is 4.74 Å². The topological polar surface area (TPSA) is 12.5 Å². The van der Waals surface area contributed by atoms with Crippen LogP contribution in [0.15, 0.2) is 0 Å². The zero-order chi connectivity index (χ0) is 7.56. The van der Waals surface area contributed by atoms with Crippen molar-refractivity contribution in [1.29, 1.82) is 0 Å². The average molecular weight is 142 g/mol. The van der Waals surface area contributed by atoms with Crippen LogP contribution >= 0.6 is 0 Å². The van der Waals surface area contributed by atoms with Crippen LogP contribution in [0.3, 0.4) is 0 Å². The van der Waals surface area contributed by atoms with Crippen LogP contribution in [-0.4, -0.2) is 12.7 Å². The lowest BCUT2D eigenvalue weighted by Gasteiger charge is -2.16. The third-order valence-corrected chi connectivity index (χ3v) is 2.65. The molecule has 0 aromatic heterocycles. The number of rotatable bonds is 4. The molecule has 3 unspecified atom stereocenters. The van der Waals surface area contributed by atoms with Gasteiger partial charge in [0.15, 0.2) is 0 Å². The summed E-state index contributed by atoms with van der Waals surface area (Å²) < 4.78 is 5.17. The highest BCUT2D eigenvalue weighted by Crippen LogP contribution is 2.25. The normalized spacial score (nSPS) is 29.7. The van der Waals surface area contributed by atoms with Gasteiger partial charge in [-0.15, -0.1) is 0 Å². The van der Waals surface area contributed by atoms with Crippen molar-refractivity contribution in [3.63, 3.8) is 0 Å². The molecule has 1 aliphatic rings. The second-order valence-corrected chi connectivity index (χ2v) is 3.55. The largest absolute Gasteiger partial charge is 0.373 e. The molecule has 0 bridgehead atoms. The summed E-state index contributed by atoms with van der Waals surface area (Å²) in [6.45, 7) is 7.93. The number of ether oxygens (including phenoxy) is 1. The van der Waals surface area contributed by atoms with Gasteiger partial charge < -0.3 is 4.74 Å². The molecule has 0 N–H and O–H groups in total. The molecule has 1 saturated heterocycles. The summed E-state index contributed by atoms with van der Waals surface area (Å²) >= 11 is 0. The van der Waals surface area contributed by atoms with E-state index in [1.54, 1.807) is 0 Å². The van der Waals surface area contributed by atoms with Gasteiger partial charge in [-0.1, -0.05) is 27.2 Å². The summed E-state index contributed by atoms with van der Waals surface area (Å²) in [5.41, 5.74) is 0. The predicted molar refractivity (Wildman–Crippen MR) is 43.0 cm³/mol. The van der Waals surface area contributed by atoms with Gasteiger partial charge in [0.1, 0.15) is 0 Å².